The highest BCUT2D eigenvalue weighted by Crippen LogP contribution is 2.21. The van der Waals surface area contributed by atoms with Gasteiger partial charge in [0.2, 0.25) is 0 Å². The zero-order valence-corrected chi connectivity index (χ0v) is 10.0. The summed E-state index contributed by atoms with van der Waals surface area (Å²) < 4.78 is 5.24. The summed E-state index contributed by atoms with van der Waals surface area (Å²) in [5.74, 6) is 0.601. The Morgan fingerprint density at radius 2 is 2.24 bits per heavy atom. The molecule has 1 rings (SSSR count). The number of nitrogens with zero attached hydrogens (tertiary/aromatic N) is 2. The monoisotopic (exact) mass is 226 g/mol. The molecular formula is C14H14N2O. The van der Waals surface area contributed by atoms with Gasteiger partial charge in [-0.2, -0.15) is 5.26 Å². The zero-order chi connectivity index (χ0) is 12.8. The van der Waals surface area contributed by atoms with Crippen LogP contribution in [0.2, 0.25) is 0 Å². The van der Waals surface area contributed by atoms with Gasteiger partial charge in [-0.25, -0.2) is 0 Å². The minimum absolute atomic E-state index is 0.546. The standard InChI is InChI=1S/C14H14N2O/c1-5-13(16-10(2)3)12-7-6-11(9-15)8-14(12)17-4/h5-8H,1-2H2,3-4H3. The van der Waals surface area contributed by atoms with E-state index in [4.69, 9.17) is 10.00 Å². The molecule has 0 bridgehead atoms. The Kier molecular flexibility index (Phi) is 4.24. The van der Waals surface area contributed by atoms with Crippen LogP contribution >= 0.6 is 0 Å². The predicted molar refractivity (Wildman–Crippen MR) is 69.3 cm³/mol. The fraction of sp³-hybridized carbons (Fsp3) is 0.143. The van der Waals surface area contributed by atoms with E-state index in [1.54, 1.807) is 38.3 Å². The van der Waals surface area contributed by atoms with Crippen LogP contribution in [0.4, 0.5) is 0 Å². The van der Waals surface area contributed by atoms with E-state index in [2.05, 4.69) is 24.2 Å². The van der Waals surface area contributed by atoms with Crippen molar-refractivity contribution < 1.29 is 4.74 Å². The second-order valence-corrected chi connectivity index (χ2v) is 3.46. The second-order valence-electron chi connectivity index (χ2n) is 3.46. The molecule has 0 heterocycles. The molecule has 0 aliphatic rings. The summed E-state index contributed by atoms with van der Waals surface area (Å²) >= 11 is 0. The van der Waals surface area contributed by atoms with Crippen LogP contribution in [0.15, 0.2) is 48.1 Å². The number of methoxy groups -OCH3 is 1. The van der Waals surface area contributed by atoms with E-state index in [1.807, 2.05) is 0 Å². The summed E-state index contributed by atoms with van der Waals surface area (Å²) in [7, 11) is 1.56. The van der Waals surface area contributed by atoms with Crippen molar-refractivity contribution in [3.05, 3.63) is 54.3 Å². The Morgan fingerprint density at radius 3 is 2.71 bits per heavy atom. The summed E-state index contributed by atoms with van der Waals surface area (Å²) in [6.07, 6.45) is 1.64. The molecule has 3 nitrogen and oxygen atoms in total. The van der Waals surface area contributed by atoms with Crippen LogP contribution in [-0.2, 0) is 0 Å². The fourth-order valence-electron chi connectivity index (χ4n) is 1.39. The van der Waals surface area contributed by atoms with Crippen LogP contribution in [0.5, 0.6) is 5.75 Å². The van der Waals surface area contributed by atoms with Crippen LogP contribution in [0, 0.1) is 11.3 Å². The van der Waals surface area contributed by atoms with Gasteiger partial charge in [0.05, 0.1) is 24.5 Å². The quantitative estimate of drug-likeness (QED) is 0.740. The van der Waals surface area contributed by atoms with Gasteiger partial charge in [0.25, 0.3) is 0 Å². The van der Waals surface area contributed by atoms with E-state index in [-0.39, 0.29) is 0 Å². The lowest BCUT2D eigenvalue weighted by molar-refractivity contribution is 0.414. The van der Waals surface area contributed by atoms with Gasteiger partial charge in [0.1, 0.15) is 5.75 Å². The molecule has 3 heteroatoms. The number of allylic oxidation sites excluding steroid dienone is 2. The molecule has 1 aromatic carbocycles. The Hall–Kier alpha value is -2.34. The summed E-state index contributed by atoms with van der Waals surface area (Å²) in [6, 6.07) is 7.25. The normalized spacial score (nSPS) is 10.5. The molecule has 0 saturated heterocycles. The first kappa shape index (κ1) is 12.7. The maximum atomic E-state index is 8.82. The van der Waals surface area contributed by atoms with Crippen LogP contribution < -0.4 is 4.74 Å². The lowest BCUT2D eigenvalue weighted by atomic mass is 10.1. The molecule has 0 saturated carbocycles. The van der Waals surface area contributed by atoms with Crippen LogP contribution in [0.3, 0.4) is 0 Å². The van der Waals surface area contributed by atoms with Gasteiger partial charge in [-0.05, 0) is 31.2 Å². The third-order valence-corrected chi connectivity index (χ3v) is 2.11. The third-order valence-electron chi connectivity index (χ3n) is 2.11. The van der Waals surface area contributed by atoms with Gasteiger partial charge in [-0.3, -0.25) is 4.99 Å². The van der Waals surface area contributed by atoms with Crippen molar-refractivity contribution in [2.45, 2.75) is 6.92 Å². The summed E-state index contributed by atoms with van der Waals surface area (Å²) in [5.41, 5.74) is 2.71. The van der Waals surface area contributed by atoms with Crippen molar-refractivity contribution in [3.63, 3.8) is 0 Å². The Balaban J connectivity index is 3.35. The van der Waals surface area contributed by atoms with Crippen molar-refractivity contribution in [3.8, 4) is 11.8 Å². The number of aliphatic imine (C=N–C) groups is 1. The average Bonchev–Trinajstić information content (AvgIpc) is 2.35. The van der Waals surface area contributed by atoms with Crippen LogP contribution in [0.1, 0.15) is 18.1 Å². The van der Waals surface area contributed by atoms with E-state index >= 15 is 0 Å². The highest BCUT2D eigenvalue weighted by molar-refractivity contribution is 6.10. The maximum absolute atomic E-state index is 8.82. The molecule has 0 spiro atoms. The molecule has 17 heavy (non-hydrogen) atoms. The van der Waals surface area contributed by atoms with Crippen LogP contribution in [0.25, 0.3) is 0 Å². The van der Waals surface area contributed by atoms with Gasteiger partial charge in [0.15, 0.2) is 0 Å². The number of hydrogen-bond acceptors (Lipinski definition) is 3. The number of ether oxygens (including phenoxy) is 1. The maximum Gasteiger partial charge on any atom is 0.129 e. The lowest BCUT2D eigenvalue weighted by Gasteiger charge is -2.08. The van der Waals surface area contributed by atoms with Crippen molar-refractivity contribution in [2.24, 2.45) is 4.99 Å². The number of nitriles is 1. The minimum Gasteiger partial charge on any atom is -0.496 e. The first-order chi connectivity index (χ1) is 8.12. The summed E-state index contributed by atoms with van der Waals surface area (Å²) in [6.45, 7) is 9.25. The van der Waals surface area contributed by atoms with Crippen molar-refractivity contribution in [1.29, 1.82) is 5.26 Å². The number of hydrogen-bond donors (Lipinski definition) is 0. The second kappa shape index (κ2) is 5.66. The van der Waals surface area contributed by atoms with Crippen molar-refractivity contribution in [2.75, 3.05) is 7.11 Å². The first-order valence-electron chi connectivity index (χ1n) is 5.07. The Bertz CT molecular complexity index is 522. The van der Waals surface area contributed by atoms with E-state index in [0.717, 1.165) is 5.56 Å². The van der Waals surface area contributed by atoms with E-state index < -0.39 is 0 Å². The van der Waals surface area contributed by atoms with Crippen molar-refractivity contribution in [1.82, 2.24) is 0 Å². The summed E-state index contributed by atoms with van der Waals surface area (Å²) in [4.78, 5) is 4.27. The molecule has 0 aliphatic carbocycles. The van der Waals surface area contributed by atoms with Gasteiger partial charge < -0.3 is 4.74 Å². The van der Waals surface area contributed by atoms with Crippen molar-refractivity contribution >= 4 is 5.71 Å². The molecule has 0 unspecified atom stereocenters. The number of benzene rings is 1. The third kappa shape index (κ3) is 3.05. The smallest absolute Gasteiger partial charge is 0.129 e. The predicted octanol–water partition coefficient (Wildman–Crippen LogP) is 3.08. The fourth-order valence-corrected chi connectivity index (χ4v) is 1.39. The largest absolute Gasteiger partial charge is 0.496 e. The molecule has 0 aromatic heterocycles. The van der Waals surface area contributed by atoms with Gasteiger partial charge >= 0.3 is 0 Å². The Labute approximate surface area is 101 Å². The SMILES string of the molecule is C=CC(=NC(=C)C)c1ccc(C#N)cc1OC. The van der Waals surface area contributed by atoms with E-state index in [9.17, 15) is 0 Å². The Morgan fingerprint density at radius 1 is 1.53 bits per heavy atom. The minimum atomic E-state index is 0.546. The average molecular weight is 226 g/mol. The lowest BCUT2D eigenvalue weighted by Crippen LogP contribution is -2.01. The molecule has 0 radical (unpaired) electrons. The summed E-state index contributed by atoms with van der Waals surface area (Å²) in [5, 5.41) is 8.82. The van der Waals surface area contributed by atoms with Gasteiger partial charge in [0, 0.05) is 11.3 Å². The molecule has 86 valence electrons. The number of rotatable bonds is 4. The first-order valence-corrected chi connectivity index (χ1v) is 5.07. The molecule has 1 aromatic rings. The molecule has 0 atom stereocenters. The van der Waals surface area contributed by atoms with Gasteiger partial charge in [-0.15, -0.1) is 0 Å². The van der Waals surface area contributed by atoms with E-state index in [1.165, 1.54) is 0 Å². The zero-order valence-electron chi connectivity index (χ0n) is 10.0. The van der Waals surface area contributed by atoms with Gasteiger partial charge in [-0.1, -0.05) is 13.2 Å². The van der Waals surface area contributed by atoms with Crippen LogP contribution in [-0.4, -0.2) is 12.8 Å². The molecule has 0 N–H and O–H groups in total. The highest BCUT2D eigenvalue weighted by Gasteiger charge is 2.08. The highest BCUT2D eigenvalue weighted by atomic mass is 16.5. The molecular weight excluding hydrogens is 212 g/mol. The molecule has 0 amide bonds. The van der Waals surface area contributed by atoms with E-state index in [0.29, 0.717) is 22.7 Å². The molecule has 0 aliphatic heterocycles. The molecule has 0 fully saturated rings. The topological polar surface area (TPSA) is 45.4 Å².